The molecule has 408 valence electrons. The standard InChI is InChI=1S/C60H117N2O6P/c1-6-8-10-12-14-16-18-20-22-24-26-27-28-29-30-31-32-33-34-35-36-37-39-41-43-45-47-49-51-53-59(63)58(57-68-69(65,66)67-56-55-62(3,4)5)61-60(64)54-52-50-48-46-44-42-40-38-25-23-21-19-17-15-13-11-9-7-2/h36-37,43,45,51,53,58-59,63H,6-35,38-42,44,46-50,52,54-57H2,1-5H3,(H-,61,64,65,66)/p+1/b37-36+,45-43+,53-51+. The highest BCUT2D eigenvalue weighted by molar-refractivity contribution is 7.47. The van der Waals surface area contributed by atoms with Crippen molar-refractivity contribution in [3.05, 3.63) is 36.5 Å². The van der Waals surface area contributed by atoms with Crippen LogP contribution in [0, 0.1) is 0 Å². The minimum Gasteiger partial charge on any atom is -0.387 e. The maximum Gasteiger partial charge on any atom is 0.472 e. The van der Waals surface area contributed by atoms with Crippen LogP contribution in [0.5, 0.6) is 0 Å². The van der Waals surface area contributed by atoms with E-state index in [4.69, 9.17) is 9.05 Å². The van der Waals surface area contributed by atoms with Gasteiger partial charge in [0.1, 0.15) is 13.2 Å². The Labute approximate surface area is 429 Å². The van der Waals surface area contributed by atoms with Crippen LogP contribution in [0.2, 0.25) is 0 Å². The molecule has 0 saturated carbocycles. The SMILES string of the molecule is CCCCCCCCCCCCCCCCCCCCC/C=C/CC/C=C/CC/C=C/C(O)C(COP(=O)(O)OCC[N+](C)(C)C)NC(=O)CCCCCCCCCCCCCCCCCCCC. The lowest BCUT2D eigenvalue weighted by Gasteiger charge is -2.25. The average Bonchev–Trinajstić information content (AvgIpc) is 3.31. The first-order valence-corrected chi connectivity index (χ1v) is 31.4. The van der Waals surface area contributed by atoms with E-state index in [0.717, 1.165) is 44.9 Å². The molecule has 0 aromatic rings. The van der Waals surface area contributed by atoms with E-state index in [9.17, 15) is 19.4 Å². The van der Waals surface area contributed by atoms with Crippen LogP contribution in [-0.2, 0) is 18.4 Å². The molecule has 0 aliphatic carbocycles. The van der Waals surface area contributed by atoms with Crippen LogP contribution in [0.15, 0.2) is 36.5 Å². The van der Waals surface area contributed by atoms with Crippen molar-refractivity contribution in [2.45, 2.75) is 302 Å². The number of carbonyl (C=O) groups excluding carboxylic acids is 1. The second-order valence-corrected chi connectivity index (χ2v) is 23.2. The Balaban J connectivity index is 4.22. The number of hydrogen-bond acceptors (Lipinski definition) is 5. The molecule has 0 bridgehead atoms. The fraction of sp³-hybridized carbons (Fsp3) is 0.883. The van der Waals surface area contributed by atoms with Crippen molar-refractivity contribution < 1.29 is 32.9 Å². The molecule has 9 heteroatoms. The van der Waals surface area contributed by atoms with Crippen molar-refractivity contribution in [1.29, 1.82) is 0 Å². The highest BCUT2D eigenvalue weighted by atomic mass is 31.2. The van der Waals surface area contributed by atoms with Gasteiger partial charge in [0.2, 0.25) is 5.91 Å². The molecule has 3 unspecified atom stereocenters. The van der Waals surface area contributed by atoms with Crippen molar-refractivity contribution in [2.24, 2.45) is 0 Å². The Morgan fingerprint density at radius 2 is 0.797 bits per heavy atom. The van der Waals surface area contributed by atoms with Crippen LogP contribution in [0.3, 0.4) is 0 Å². The zero-order chi connectivity index (χ0) is 50.6. The summed E-state index contributed by atoms with van der Waals surface area (Å²) in [6.07, 6.45) is 66.9. The van der Waals surface area contributed by atoms with Crippen molar-refractivity contribution in [3.63, 3.8) is 0 Å². The highest BCUT2D eigenvalue weighted by Gasteiger charge is 2.27. The van der Waals surface area contributed by atoms with E-state index in [1.807, 2.05) is 27.2 Å². The molecule has 0 radical (unpaired) electrons. The van der Waals surface area contributed by atoms with Crippen molar-refractivity contribution >= 4 is 13.7 Å². The fourth-order valence-corrected chi connectivity index (χ4v) is 9.64. The third-order valence-electron chi connectivity index (χ3n) is 13.6. The molecule has 0 aliphatic rings. The van der Waals surface area contributed by atoms with Crippen molar-refractivity contribution in [2.75, 3.05) is 40.9 Å². The number of aliphatic hydroxyl groups is 1. The molecule has 0 aliphatic heterocycles. The van der Waals surface area contributed by atoms with Gasteiger partial charge in [-0.1, -0.05) is 275 Å². The third-order valence-corrected chi connectivity index (χ3v) is 14.6. The first-order chi connectivity index (χ1) is 33.5. The van der Waals surface area contributed by atoms with E-state index in [-0.39, 0.29) is 19.1 Å². The van der Waals surface area contributed by atoms with Crippen LogP contribution in [0.25, 0.3) is 0 Å². The Bertz CT molecular complexity index is 1220. The Hall–Kier alpha value is -1.28. The molecule has 0 spiro atoms. The third kappa shape index (κ3) is 54.3. The van der Waals surface area contributed by atoms with Gasteiger partial charge < -0.3 is 19.8 Å². The summed E-state index contributed by atoms with van der Waals surface area (Å²) in [6.45, 7) is 4.83. The van der Waals surface area contributed by atoms with E-state index in [1.54, 1.807) is 6.08 Å². The number of allylic oxidation sites excluding steroid dienone is 5. The van der Waals surface area contributed by atoms with Gasteiger partial charge in [0.25, 0.3) is 0 Å². The maximum atomic E-state index is 13.0. The molecule has 69 heavy (non-hydrogen) atoms. The molecule has 3 atom stereocenters. The predicted molar refractivity (Wildman–Crippen MR) is 300 cm³/mol. The lowest BCUT2D eigenvalue weighted by molar-refractivity contribution is -0.870. The van der Waals surface area contributed by atoms with Gasteiger partial charge in [0.05, 0.1) is 39.9 Å². The summed E-state index contributed by atoms with van der Waals surface area (Å²) >= 11 is 0. The number of nitrogens with one attached hydrogen (secondary N) is 1. The number of quaternary nitrogens is 1. The van der Waals surface area contributed by atoms with E-state index in [0.29, 0.717) is 17.4 Å². The molecule has 1 amide bonds. The summed E-state index contributed by atoms with van der Waals surface area (Å²) in [5.41, 5.74) is 0. The first kappa shape index (κ1) is 67.7. The van der Waals surface area contributed by atoms with Crippen LogP contribution < -0.4 is 5.32 Å². The Morgan fingerprint density at radius 1 is 0.478 bits per heavy atom. The quantitative estimate of drug-likeness (QED) is 0.0243. The van der Waals surface area contributed by atoms with E-state index in [1.165, 1.54) is 225 Å². The summed E-state index contributed by atoms with van der Waals surface area (Å²) in [5, 5.41) is 13.9. The summed E-state index contributed by atoms with van der Waals surface area (Å²) in [4.78, 5) is 23.3. The number of rotatable bonds is 55. The maximum absolute atomic E-state index is 13.0. The number of amides is 1. The molecule has 0 rings (SSSR count). The van der Waals surface area contributed by atoms with Gasteiger partial charge in [0.15, 0.2) is 0 Å². The molecular formula is C60H118N2O6P+. The molecule has 0 saturated heterocycles. The lowest BCUT2D eigenvalue weighted by Crippen LogP contribution is -2.45. The molecular weight excluding hydrogens is 876 g/mol. The minimum atomic E-state index is -4.36. The van der Waals surface area contributed by atoms with E-state index in [2.05, 4.69) is 43.5 Å². The summed E-state index contributed by atoms with van der Waals surface area (Å²) < 4.78 is 23.7. The Kier molecular flexibility index (Phi) is 50.7. The van der Waals surface area contributed by atoms with Gasteiger partial charge in [-0.05, 0) is 44.9 Å². The fourth-order valence-electron chi connectivity index (χ4n) is 8.90. The van der Waals surface area contributed by atoms with Gasteiger partial charge in [-0.15, -0.1) is 0 Å². The number of phosphoric ester groups is 1. The van der Waals surface area contributed by atoms with Crippen LogP contribution in [0.1, 0.15) is 290 Å². The number of likely N-dealkylation sites (N-methyl/N-ethyl adjacent to an activating group) is 1. The summed E-state index contributed by atoms with van der Waals surface area (Å²) in [6, 6.07) is -0.868. The van der Waals surface area contributed by atoms with Crippen LogP contribution >= 0.6 is 7.82 Å². The second-order valence-electron chi connectivity index (χ2n) is 21.7. The van der Waals surface area contributed by atoms with E-state index < -0.39 is 20.0 Å². The van der Waals surface area contributed by atoms with Gasteiger partial charge in [-0.25, -0.2) is 4.57 Å². The number of unbranched alkanes of at least 4 members (excludes halogenated alkanes) is 38. The van der Waals surface area contributed by atoms with Crippen LogP contribution in [0.4, 0.5) is 0 Å². The molecule has 0 heterocycles. The monoisotopic (exact) mass is 994 g/mol. The van der Waals surface area contributed by atoms with E-state index >= 15 is 0 Å². The summed E-state index contributed by atoms with van der Waals surface area (Å²) in [5.74, 6) is -0.186. The van der Waals surface area contributed by atoms with Gasteiger partial charge in [0, 0.05) is 6.42 Å². The van der Waals surface area contributed by atoms with Crippen LogP contribution in [-0.4, -0.2) is 73.4 Å². The number of phosphoric acid groups is 1. The molecule has 8 nitrogen and oxygen atoms in total. The average molecular weight is 995 g/mol. The molecule has 0 aromatic carbocycles. The van der Waals surface area contributed by atoms with Gasteiger partial charge >= 0.3 is 7.82 Å². The summed E-state index contributed by atoms with van der Waals surface area (Å²) in [7, 11) is 1.56. The molecule has 0 fully saturated rings. The number of nitrogens with zero attached hydrogens (tertiary/aromatic N) is 1. The minimum absolute atomic E-state index is 0.0551. The molecule has 3 N–H and O–H groups in total. The van der Waals surface area contributed by atoms with Crippen molar-refractivity contribution in [3.8, 4) is 0 Å². The number of carbonyl (C=O) groups is 1. The van der Waals surface area contributed by atoms with Gasteiger partial charge in [-0.3, -0.25) is 13.8 Å². The highest BCUT2D eigenvalue weighted by Crippen LogP contribution is 2.43. The zero-order valence-electron chi connectivity index (χ0n) is 46.6. The predicted octanol–water partition coefficient (Wildman–Crippen LogP) is 18.2. The first-order valence-electron chi connectivity index (χ1n) is 29.9. The largest absolute Gasteiger partial charge is 0.472 e. The topological polar surface area (TPSA) is 105 Å². The van der Waals surface area contributed by atoms with Gasteiger partial charge in [-0.2, -0.15) is 0 Å². The lowest BCUT2D eigenvalue weighted by atomic mass is 10.0. The van der Waals surface area contributed by atoms with Crippen molar-refractivity contribution in [1.82, 2.24) is 5.32 Å². The zero-order valence-corrected chi connectivity index (χ0v) is 47.5. The normalized spacial score (nSPS) is 14.1. The molecule has 0 aromatic heterocycles. The number of hydrogen-bond donors (Lipinski definition) is 3. The number of aliphatic hydroxyl groups excluding tert-OH is 1. The smallest absolute Gasteiger partial charge is 0.387 e. The Morgan fingerprint density at radius 3 is 1.16 bits per heavy atom. The second kappa shape index (κ2) is 51.6.